The van der Waals surface area contributed by atoms with Gasteiger partial charge in [0.1, 0.15) is 0 Å². The fourth-order valence-corrected chi connectivity index (χ4v) is 5.63. The molecule has 0 amide bonds. The van der Waals surface area contributed by atoms with Crippen molar-refractivity contribution in [3.8, 4) is 0 Å². The summed E-state index contributed by atoms with van der Waals surface area (Å²) in [4.78, 5) is 0. The predicted octanol–water partition coefficient (Wildman–Crippen LogP) is 5.87. The van der Waals surface area contributed by atoms with Gasteiger partial charge in [-0.15, -0.1) is 0 Å². The van der Waals surface area contributed by atoms with Crippen molar-refractivity contribution in [2.45, 2.75) is 71.5 Å². The van der Waals surface area contributed by atoms with Gasteiger partial charge in [-0.25, -0.2) is 0 Å². The zero-order chi connectivity index (χ0) is 14.1. The Kier molecular flexibility index (Phi) is 4.80. The Morgan fingerprint density at radius 2 is 0.857 bits per heavy atom. The molecule has 0 radical (unpaired) electrons. The van der Waals surface area contributed by atoms with E-state index in [1.807, 2.05) is 0 Å². The van der Waals surface area contributed by atoms with Gasteiger partial charge in [-0.1, -0.05) is 18.2 Å². The van der Waals surface area contributed by atoms with E-state index in [1.165, 1.54) is 55.8 Å². The zero-order valence-electron chi connectivity index (χ0n) is 12.6. The lowest BCUT2D eigenvalue weighted by Crippen LogP contribution is -1.93. The van der Waals surface area contributed by atoms with Crippen LogP contribution < -0.4 is 0 Å². The molecule has 0 heterocycles. The lowest BCUT2D eigenvalue weighted by molar-refractivity contribution is 1.26. The lowest BCUT2D eigenvalue weighted by Gasteiger charge is -2.10. The molecule has 0 nitrogen and oxygen atoms in total. The molecular weight excluding hydrogens is 312 g/mol. The number of hydrogen-bond acceptors (Lipinski definition) is 3. The number of rotatable bonds is 9. The molecule has 0 aromatic heterocycles. The molecule has 1 aromatic carbocycles. The average molecular weight is 337 g/mol. The minimum atomic E-state index is 0.971. The van der Waals surface area contributed by atoms with Gasteiger partial charge in [-0.2, -0.15) is 35.3 Å². The molecule has 4 rings (SSSR count). The van der Waals surface area contributed by atoms with E-state index < -0.39 is 0 Å². The van der Waals surface area contributed by atoms with E-state index >= 15 is 0 Å². The summed E-state index contributed by atoms with van der Waals surface area (Å²) in [5.41, 5.74) is 4.73. The van der Waals surface area contributed by atoms with Gasteiger partial charge in [0, 0.05) is 33.0 Å². The second-order valence-corrected chi connectivity index (χ2v) is 10.6. The van der Waals surface area contributed by atoms with Crippen LogP contribution in [0.25, 0.3) is 0 Å². The van der Waals surface area contributed by atoms with Crippen LogP contribution in [0, 0.1) is 0 Å². The smallest absolute Gasteiger partial charge is 0.0187 e. The fraction of sp³-hybridized carbons (Fsp3) is 0.667. The van der Waals surface area contributed by atoms with Crippen LogP contribution in [0.2, 0.25) is 0 Å². The van der Waals surface area contributed by atoms with Gasteiger partial charge >= 0.3 is 0 Å². The molecule has 114 valence electrons. The van der Waals surface area contributed by atoms with E-state index in [4.69, 9.17) is 0 Å². The van der Waals surface area contributed by atoms with Gasteiger partial charge in [-0.05, 0) is 55.2 Å². The molecule has 3 aliphatic rings. The summed E-state index contributed by atoms with van der Waals surface area (Å²) in [5, 5.41) is 2.91. The highest BCUT2D eigenvalue weighted by Gasteiger charge is 2.24. The molecule has 0 bridgehead atoms. The van der Waals surface area contributed by atoms with E-state index in [2.05, 4.69) is 53.5 Å². The van der Waals surface area contributed by atoms with Crippen molar-refractivity contribution in [2.75, 3.05) is 0 Å². The molecule has 3 heteroatoms. The third kappa shape index (κ3) is 5.14. The van der Waals surface area contributed by atoms with Gasteiger partial charge in [0.25, 0.3) is 0 Å². The zero-order valence-corrected chi connectivity index (χ0v) is 15.0. The standard InChI is InChI=1S/C18H24S3/c1-2-16(1)19-10-13-7-14(11-20-17-3-4-17)9-15(8-13)12-21-18-5-6-18/h7-9,16-18H,1-6,10-12H2. The van der Waals surface area contributed by atoms with Crippen molar-refractivity contribution >= 4 is 35.3 Å². The van der Waals surface area contributed by atoms with Gasteiger partial charge < -0.3 is 0 Å². The second-order valence-electron chi connectivity index (χ2n) is 6.69. The molecule has 3 saturated carbocycles. The number of hydrogen-bond donors (Lipinski definition) is 0. The van der Waals surface area contributed by atoms with Crippen molar-refractivity contribution < 1.29 is 0 Å². The Balaban J connectivity index is 1.40. The highest BCUT2D eigenvalue weighted by atomic mass is 32.2. The maximum absolute atomic E-state index is 2.48. The van der Waals surface area contributed by atoms with Crippen molar-refractivity contribution in [2.24, 2.45) is 0 Å². The van der Waals surface area contributed by atoms with Crippen LogP contribution in [0.3, 0.4) is 0 Å². The van der Waals surface area contributed by atoms with Crippen LogP contribution in [0.4, 0.5) is 0 Å². The molecule has 0 N–H and O–H groups in total. The minimum Gasteiger partial charge on any atom is -0.154 e. The molecule has 0 saturated heterocycles. The summed E-state index contributed by atoms with van der Waals surface area (Å²) in [7, 11) is 0. The predicted molar refractivity (Wildman–Crippen MR) is 99.4 cm³/mol. The highest BCUT2D eigenvalue weighted by molar-refractivity contribution is 7.99. The maximum Gasteiger partial charge on any atom is 0.0187 e. The third-order valence-electron chi connectivity index (χ3n) is 4.14. The molecule has 3 fully saturated rings. The number of thioether (sulfide) groups is 3. The maximum atomic E-state index is 2.48. The summed E-state index contributed by atoms with van der Waals surface area (Å²) in [5.74, 6) is 3.69. The van der Waals surface area contributed by atoms with Gasteiger partial charge in [0.05, 0.1) is 0 Å². The molecule has 21 heavy (non-hydrogen) atoms. The van der Waals surface area contributed by atoms with Crippen LogP contribution in [-0.2, 0) is 17.3 Å². The molecule has 3 aliphatic carbocycles. The Morgan fingerprint density at radius 1 is 0.571 bits per heavy atom. The summed E-state index contributed by atoms with van der Waals surface area (Å²) in [6.45, 7) is 0. The number of benzene rings is 1. The van der Waals surface area contributed by atoms with Crippen molar-refractivity contribution in [3.05, 3.63) is 34.9 Å². The first-order chi connectivity index (χ1) is 10.3. The van der Waals surface area contributed by atoms with Gasteiger partial charge in [0.15, 0.2) is 0 Å². The first-order valence-electron chi connectivity index (χ1n) is 8.32. The van der Waals surface area contributed by atoms with Gasteiger partial charge in [0.2, 0.25) is 0 Å². The minimum absolute atomic E-state index is 0.971. The van der Waals surface area contributed by atoms with Crippen LogP contribution in [0.5, 0.6) is 0 Å². The molecule has 0 spiro atoms. The normalized spacial score (nSPS) is 21.7. The largest absolute Gasteiger partial charge is 0.154 e. The van der Waals surface area contributed by atoms with Crippen molar-refractivity contribution in [1.29, 1.82) is 0 Å². The SMILES string of the molecule is c1c(CSC2CC2)cc(CSC2CC2)cc1CSC1CC1. The van der Waals surface area contributed by atoms with Crippen molar-refractivity contribution in [3.63, 3.8) is 0 Å². The molecule has 0 unspecified atom stereocenters. The molecule has 0 aliphatic heterocycles. The Hall–Kier alpha value is 0.270. The monoisotopic (exact) mass is 336 g/mol. The molecule has 0 atom stereocenters. The summed E-state index contributed by atoms with van der Waals surface area (Å²) in [6.07, 6.45) is 8.70. The second kappa shape index (κ2) is 6.80. The van der Waals surface area contributed by atoms with Gasteiger partial charge in [-0.3, -0.25) is 0 Å². The van der Waals surface area contributed by atoms with E-state index in [0.717, 1.165) is 15.7 Å². The van der Waals surface area contributed by atoms with E-state index in [1.54, 1.807) is 16.7 Å². The van der Waals surface area contributed by atoms with Crippen LogP contribution in [0.15, 0.2) is 18.2 Å². The fourth-order valence-electron chi connectivity index (χ4n) is 2.44. The van der Waals surface area contributed by atoms with Crippen molar-refractivity contribution in [1.82, 2.24) is 0 Å². The topological polar surface area (TPSA) is 0 Å². The lowest BCUT2D eigenvalue weighted by atomic mass is 10.1. The third-order valence-corrected chi connectivity index (χ3v) is 8.47. The summed E-state index contributed by atoms with van der Waals surface area (Å²) < 4.78 is 0. The summed E-state index contributed by atoms with van der Waals surface area (Å²) in [6, 6.07) is 7.45. The molecular formula is C18H24S3. The van der Waals surface area contributed by atoms with E-state index in [0.29, 0.717) is 0 Å². The average Bonchev–Trinajstić information content (AvgIpc) is 3.38. The molecule has 1 aromatic rings. The Labute approximate surface area is 141 Å². The first-order valence-corrected chi connectivity index (χ1v) is 11.5. The quantitative estimate of drug-likeness (QED) is 0.553. The summed E-state index contributed by atoms with van der Waals surface area (Å²) >= 11 is 6.52. The van der Waals surface area contributed by atoms with Crippen LogP contribution >= 0.6 is 35.3 Å². The van der Waals surface area contributed by atoms with E-state index in [9.17, 15) is 0 Å². The van der Waals surface area contributed by atoms with E-state index in [-0.39, 0.29) is 0 Å². The van der Waals surface area contributed by atoms with Crippen LogP contribution in [-0.4, -0.2) is 15.7 Å². The Morgan fingerprint density at radius 3 is 1.10 bits per heavy atom. The van der Waals surface area contributed by atoms with Crippen LogP contribution in [0.1, 0.15) is 55.2 Å². The first kappa shape index (κ1) is 14.8. The highest BCUT2D eigenvalue weighted by Crippen LogP contribution is 2.39. The Bertz CT molecular complexity index is 403.